The van der Waals surface area contributed by atoms with Crippen LogP contribution in [0.4, 0.5) is 5.69 Å². The standard InChI is InChI=1S/C24H24ClN5O7/c1-13-9-21(20(36-3)12-15(13)23(32)33)37-8-6-14-10-19(16(24(34)35)11-17(14)25)29-22(31)18(27-2)5-4-7-28-30-26/h4-5,7,9-12,26H,6,8H2,1-3H3,(H,29,31)(H,32,33)(H,34,35)/b5-4-,27-18?,28-7+,30-26?. The lowest BCUT2D eigenvalue weighted by molar-refractivity contribution is -0.110. The number of carboxylic acid groups (broad SMARTS) is 2. The number of allylic oxidation sites excluding steroid dienone is 1. The number of rotatable bonds is 12. The fourth-order valence-electron chi connectivity index (χ4n) is 3.17. The predicted molar refractivity (Wildman–Crippen MR) is 137 cm³/mol. The van der Waals surface area contributed by atoms with E-state index in [0.717, 1.165) is 0 Å². The van der Waals surface area contributed by atoms with E-state index in [1.807, 2.05) is 0 Å². The average molecular weight is 530 g/mol. The van der Waals surface area contributed by atoms with E-state index < -0.39 is 17.8 Å². The van der Waals surface area contributed by atoms with Crippen LogP contribution in [0.15, 0.2) is 51.7 Å². The molecule has 2 aromatic carbocycles. The van der Waals surface area contributed by atoms with E-state index in [0.29, 0.717) is 16.9 Å². The molecule has 37 heavy (non-hydrogen) atoms. The van der Waals surface area contributed by atoms with E-state index in [1.54, 1.807) is 13.0 Å². The van der Waals surface area contributed by atoms with Crippen LogP contribution in [0.3, 0.4) is 0 Å². The molecule has 4 N–H and O–H groups in total. The highest BCUT2D eigenvalue weighted by molar-refractivity contribution is 6.47. The number of carbonyl (C=O) groups excluding carboxylic acids is 1. The maximum Gasteiger partial charge on any atom is 0.337 e. The van der Waals surface area contributed by atoms with Gasteiger partial charge in [0.15, 0.2) is 11.5 Å². The lowest BCUT2D eigenvalue weighted by Gasteiger charge is -2.15. The maximum atomic E-state index is 12.7. The van der Waals surface area contributed by atoms with Gasteiger partial charge >= 0.3 is 11.9 Å². The number of carbonyl (C=O) groups is 3. The summed E-state index contributed by atoms with van der Waals surface area (Å²) in [6, 6.07) is 5.57. The Morgan fingerprint density at radius 2 is 1.81 bits per heavy atom. The first-order valence-electron chi connectivity index (χ1n) is 10.6. The number of aliphatic imine (C=N–C) groups is 1. The summed E-state index contributed by atoms with van der Waals surface area (Å²) in [4.78, 5) is 39.6. The smallest absolute Gasteiger partial charge is 0.337 e. The molecule has 1 amide bonds. The molecular weight excluding hydrogens is 506 g/mol. The van der Waals surface area contributed by atoms with Gasteiger partial charge in [0.25, 0.3) is 5.91 Å². The maximum absolute atomic E-state index is 12.7. The highest BCUT2D eigenvalue weighted by atomic mass is 35.5. The molecule has 0 saturated carbocycles. The number of hydrogen-bond donors (Lipinski definition) is 4. The second-order valence-corrected chi connectivity index (χ2v) is 7.71. The Hall–Kier alpha value is -4.58. The Morgan fingerprint density at radius 1 is 1.11 bits per heavy atom. The van der Waals surface area contributed by atoms with Crippen molar-refractivity contribution in [2.45, 2.75) is 13.3 Å². The zero-order valence-electron chi connectivity index (χ0n) is 20.1. The number of benzene rings is 2. The first kappa shape index (κ1) is 28.7. The number of halogens is 1. The SMILES string of the molecule is CN=C(/C=C\C=N\N=N)C(=O)Nc1cc(CCOc2cc(C)c(C(=O)O)cc2OC)c(Cl)cc1C(=O)O. The van der Waals surface area contributed by atoms with Gasteiger partial charge in [-0.2, -0.15) is 5.53 Å². The van der Waals surface area contributed by atoms with E-state index in [9.17, 15) is 24.6 Å². The summed E-state index contributed by atoms with van der Waals surface area (Å²) in [7, 11) is 2.77. The monoisotopic (exact) mass is 529 g/mol. The van der Waals surface area contributed by atoms with Crippen molar-refractivity contribution in [1.29, 1.82) is 5.53 Å². The van der Waals surface area contributed by atoms with Crippen LogP contribution in [0.2, 0.25) is 5.02 Å². The number of methoxy groups -OCH3 is 1. The Labute approximate surface area is 216 Å². The molecule has 0 saturated heterocycles. The van der Waals surface area contributed by atoms with Gasteiger partial charge in [0.1, 0.15) is 5.71 Å². The van der Waals surface area contributed by atoms with Crippen LogP contribution < -0.4 is 14.8 Å². The molecule has 12 nitrogen and oxygen atoms in total. The Balaban J connectivity index is 2.26. The third kappa shape index (κ3) is 7.70. The third-order valence-electron chi connectivity index (χ3n) is 4.97. The van der Waals surface area contributed by atoms with Crippen molar-refractivity contribution < 1.29 is 34.1 Å². The van der Waals surface area contributed by atoms with Crippen molar-refractivity contribution in [1.82, 2.24) is 0 Å². The summed E-state index contributed by atoms with van der Waals surface area (Å²) in [5, 5.41) is 27.7. The van der Waals surface area contributed by atoms with Gasteiger partial charge in [-0.05, 0) is 54.5 Å². The molecule has 2 rings (SSSR count). The predicted octanol–water partition coefficient (Wildman–Crippen LogP) is 4.26. The fourth-order valence-corrected chi connectivity index (χ4v) is 3.43. The van der Waals surface area contributed by atoms with Gasteiger partial charge in [-0.1, -0.05) is 16.8 Å². The molecule has 0 radical (unpaired) electrons. The second kappa shape index (κ2) is 13.5. The minimum atomic E-state index is -1.30. The largest absolute Gasteiger partial charge is 0.493 e. The number of amides is 1. The molecule has 0 unspecified atom stereocenters. The molecule has 194 valence electrons. The van der Waals surface area contributed by atoms with Crippen LogP contribution in [0.5, 0.6) is 11.5 Å². The van der Waals surface area contributed by atoms with E-state index >= 15 is 0 Å². The Kier molecular flexibility index (Phi) is 10.5. The molecule has 13 heteroatoms. The third-order valence-corrected chi connectivity index (χ3v) is 5.33. The molecule has 0 aliphatic rings. The molecule has 0 aliphatic carbocycles. The number of nitrogens with zero attached hydrogens (tertiary/aromatic N) is 3. The first-order chi connectivity index (χ1) is 17.6. The number of aryl methyl sites for hydroxylation is 1. The quantitative estimate of drug-likeness (QED) is 0.180. The minimum absolute atomic E-state index is 0.000474. The first-order valence-corrected chi connectivity index (χ1v) is 11.0. The van der Waals surface area contributed by atoms with Gasteiger partial charge in [-0.3, -0.25) is 9.79 Å². The van der Waals surface area contributed by atoms with Crippen LogP contribution >= 0.6 is 11.6 Å². The van der Waals surface area contributed by atoms with Crippen LogP contribution in [0, 0.1) is 12.5 Å². The van der Waals surface area contributed by atoms with Crippen molar-refractivity contribution in [2.75, 3.05) is 26.1 Å². The zero-order chi connectivity index (χ0) is 27.5. The lowest BCUT2D eigenvalue weighted by atomic mass is 10.1. The number of anilines is 1. The average Bonchev–Trinajstić information content (AvgIpc) is 2.85. The second-order valence-electron chi connectivity index (χ2n) is 7.30. The number of ether oxygens (including phenoxy) is 2. The molecule has 0 aliphatic heterocycles. The van der Waals surface area contributed by atoms with Crippen molar-refractivity contribution in [2.24, 2.45) is 15.3 Å². The fraction of sp³-hybridized carbons (Fsp3) is 0.208. The zero-order valence-corrected chi connectivity index (χ0v) is 20.9. The molecule has 0 spiro atoms. The van der Waals surface area contributed by atoms with Gasteiger partial charge < -0.3 is 25.0 Å². The minimum Gasteiger partial charge on any atom is -0.493 e. The molecule has 0 fully saturated rings. The van der Waals surface area contributed by atoms with Gasteiger partial charge in [-0.15, -0.1) is 5.10 Å². The van der Waals surface area contributed by atoms with Gasteiger partial charge in [0.05, 0.1) is 36.7 Å². The van der Waals surface area contributed by atoms with E-state index in [4.69, 9.17) is 26.6 Å². The van der Waals surface area contributed by atoms with E-state index in [2.05, 4.69) is 20.6 Å². The number of aromatic carboxylic acids is 2. The summed E-state index contributed by atoms with van der Waals surface area (Å²) in [6.45, 7) is 1.72. The lowest BCUT2D eigenvalue weighted by Crippen LogP contribution is -2.23. The van der Waals surface area contributed by atoms with Crippen molar-refractivity contribution >= 4 is 47.1 Å². The summed E-state index contributed by atoms with van der Waals surface area (Å²) < 4.78 is 11.0. The summed E-state index contributed by atoms with van der Waals surface area (Å²) in [6.07, 6.45) is 4.08. The molecule has 2 aromatic rings. The number of hydrogen-bond acceptors (Lipinski definition) is 8. The highest BCUT2D eigenvalue weighted by Gasteiger charge is 2.19. The van der Waals surface area contributed by atoms with Gasteiger partial charge in [-0.25, -0.2) is 9.59 Å². The van der Waals surface area contributed by atoms with Gasteiger partial charge in [0.2, 0.25) is 0 Å². The van der Waals surface area contributed by atoms with Gasteiger partial charge in [0, 0.05) is 18.5 Å². The summed E-state index contributed by atoms with van der Waals surface area (Å²) >= 11 is 6.30. The van der Waals surface area contributed by atoms with Crippen LogP contribution in [0.25, 0.3) is 0 Å². The Morgan fingerprint density at radius 3 is 2.41 bits per heavy atom. The molecule has 0 atom stereocenters. The molecular formula is C24H24ClN5O7. The Bertz CT molecular complexity index is 1300. The van der Waals surface area contributed by atoms with E-state index in [-0.39, 0.29) is 46.3 Å². The van der Waals surface area contributed by atoms with Crippen LogP contribution in [0.1, 0.15) is 31.8 Å². The van der Waals surface area contributed by atoms with Crippen LogP contribution in [-0.4, -0.2) is 60.7 Å². The topological polar surface area (TPSA) is 183 Å². The summed E-state index contributed by atoms with van der Waals surface area (Å²) in [5.41, 5.74) is 7.41. The van der Waals surface area contributed by atoms with Crippen LogP contribution in [-0.2, 0) is 11.2 Å². The molecule has 0 heterocycles. The normalized spacial score (nSPS) is 11.5. The number of nitrogens with one attached hydrogen (secondary N) is 2. The molecule has 0 aromatic heterocycles. The highest BCUT2D eigenvalue weighted by Crippen LogP contribution is 2.31. The van der Waals surface area contributed by atoms with Crippen molar-refractivity contribution in [3.05, 3.63) is 63.7 Å². The summed E-state index contributed by atoms with van der Waals surface area (Å²) in [5.74, 6) is -2.50. The van der Waals surface area contributed by atoms with Crippen molar-refractivity contribution in [3.8, 4) is 11.5 Å². The van der Waals surface area contributed by atoms with E-state index in [1.165, 1.54) is 50.7 Å². The molecule has 0 bridgehead atoms. The van der Waals surface area contributed by atoms with Crippen molar-refractivity contribution in [3.63, 3.8) is 0 Å². The number of carboxylic acids is 2.